The van der Waals surface area contributed by atoms with E-state index in [2.05, 4.69) is 11.3 Å². The fourth-order valence-corrected chi connectivity index (χ4v) is 0.948. The number of carbonyl (C=O) groups excluding carboxylic acids is 1. The normalized spacial score (nSPS) is 13.3. The number of rotatable bonds is 6. The van der Waals surface area contributed by atoms with Crippen molar-refractivity contribution in [2.45, 2.75) is 32.4 Å². The van der Waals surface area contributed by atoms with Crippen LogP contribution in [0.25, 0.3) is 0 Å². The molecule has 15 heavy (non-hydrogen) atoms. The van der Waals surface area contributed by atoms with E-state index < -0.39 is 18.1 Å². The lowest BCUT2D eigenvalue weighted by Crippen LogP contribution is -2.19. The molecule has 0 aromatic heterocycles. The monoisotopic (exact) mass is 224 g/mol. The average molecular weight is 224 g/mol. The first-order valence-electron chi connectivity index (χ1n) is 4.74. The predicted molar refractivity (Wildman–Crippen MR) is 50.2 cm³/mol. The van der Waals surface area contributed by atoms with Gasteiger partial charge in [0.25, 0.3) is 0 Å². The lowest BCUT2D eigenvalue weighted by atomic mass is 10.0. The number of ether oxygens (including phenoxy) is 1. The Morgan fingerprint density at radius 2 is 2.07 bits per heavy atom. The standard InChI is InChI=1S/C10H15F3O2/c1-3-9(14)15-7-5-4-6-8(2)10(11,12)13/h3,8H,1,4-7H2,2H3. The van der Waals surface area contributed by atoms with Gasteiger partial charge in [-0.25, -0.2) is 4.79 Å². The second-order valence-corrected chi connectivity index (χ2v) is 3.31. The molecule has 1 unspecified atom stereocenters. The van der Waals surface area contributed by atoms with Crippen molar-refractivity contribution in [3.05, 3.63) is 12.7 Å². The van der Waals surface area contributed by atoms with Gasteiger partial charge < -0.3 is 4.74 Å². The topological polar surface area (TPSA) is 26.3 Å². The summed E-state index contributed by atoms with van der Waals surface area (Å²) in [5.41, 5.74) is 0. The van der Waals surface area contributed by atoms with Crippen LogP contribution >= 0.6 is 0 Å². The van der Waals surface area contributed by atoms with E-state index in [0.29, 0.717) is 12.8 Å². The molecule has 0 aromatic carbocycles. The van der Waals surface area contributed by atoms with Crippen LogP contribution in [0.4, 0.5) is 13.2 Å². The highest BCUT2D eigenvalue weighted by Gasteiger charge is 2.34. The van der Waals surface area contributed by atoms with Crippen molar-refractivity contribution in [3.8, 4) is 0 Å². The zero-order valence-electron chi connectivity index (χ0n) is 8.64. The first kappa shape index (κ1) is 14.0. The minimum absolute atomic E-state index is 0.0646. The predicted octanol–water partition coefficient (Wildman–Crippen LogP) is 3.08. The Balaban J connectivity index is 3.47. The molecule has 0 saturated carbocycles. The third-order valence-electron chi connectivity index (χ3n) is 2.00. The molecule has 2 nitrogen and oxygen atoms in total. The molecule has 0 amide bonds. The van der Waals surface area contributed by atoms with Crippen molar-refractivity contribution >= 4 is 5.97 Å². The zero-order chi connectivity index (χ0) is 11.9. The summed E-state index contributed by atoms with van der Waals surface area (Å²) in [6.07, 6.45) is -2.20. The van der Waals surface area contributed by atoms with Gasteiger partial charge in [-0.2, -0.15) is 13.2 Å². The molecule has 0 N–H and O–H groups in total. The number of alkyl halides is 3. The molecule has 0 spiro atoms. The minimum atomic E-state index is -4.13. The van der Waals surface area contributed by atoms with Crippen molar-refractivity contribution in [1.82, 2.24) is 0 Å². The maximum absolute atomic E-state index is 12.0. The minimum Gasteiger partial charge on any atom is -0.463 e. The highest BCUT2D eigenvalue weighted by atomic mass is 19.4. The van der Waals surface area contributed by atoms with Gasteiger partial charge in [0.1, 0.15) is 0 Å². The highest BCUT2D eigenvalue weighted by molar-refractivity contribution is 5.81. The van der Waals surface area contributed by atoms with Gasteiger partial charge in [-0.3, -0.25) is 0 Å². The van der Waals surface area contributed by atoms with Gasteiger partial charge in [0, 0.05) is 6.08 Å². The number of halogens is 3. The summed E-state index contributed by atoms with van der Waals surface area (Å²) in [7, 11) is 0. The molecular weight excluding hydrogens is 209 g/mol. The molecule has 0 radical (unpaired) electrons. The SMILES string of the molecule is C=CC(=O)OCCCCC(C)C(F)(F)F. The molecule has 0 aliphatic carbocycles. The van der Waals surface area contributed by atoms with Gasteiger partial charge in [0.15, 0.2) is 0 Å². The molecule has 88 valence electrons. The van der Waals surface area contributed by atoms with E-state index >= 15 is 0 Å². The van der Waals surface area contributed by atoms with Crippen molar-refractivity contribution in [2.75, 3.05) is 6.61 Å². The van der Waals surface area contributed by atoms with E-state index in [4.69, 9.17) is 0 Å². The lowest BCUT2D eigenvalue weighted by Gasteiger charge is -2.14. The van der Waals surface area contributed by atoms with Crippen LogP contribution in [0.1, 0.15) is 26.2 Å². The molecule has 0 bridgehead atoms. The quantitative estimate of drug-likeness (QED) is 0.393. The first-order valence-corrected chi connectivity index (χ1v) is 4.74. The molecule has 0 aliphatic rings. The van der Waals surface area contributed by atoms with E-state index in [1.54, 1.807) is 0 Å². The molecule has 0 aliphatic heterocycles. The third-order valence-corrected chi connectivity index (χ3v) is 2.00. The van der Waals surface area contributed by atoms with Gasteiger partial charge in [-0.1, -0.05) is 13.5 Å². The summed E-state index contributed by atoms with van der Waals surface area (Å²) in [5.74, 6) is -1.84. The maximum Gasteiger partial charge on any atom is 0.391 e. The second kappa shape index (κ2) is 6.48. The zero-order valence-corrected chi connectivity index (χ0v) is 8.64. The van der Waals surface area contributed by atoms with Gasteiger partial charge in [0.05, 0.1) is 12.5 Å². The second-order valence-electron chi connectivity index (χ2n) is 3.31. The fourth-order valence-electron chi connectivity index (χ4n) is 0.948. The van der Waals surface area contributed by atoms with Gasteiger partial charge >= 0.3 is 12.1 Å². The lowest BCUT2D eigenvalue weighted by molar-refractivity contribution is -0.171. The Morgan fingerprint density at radius 3 is 2.53 bits per heavy atom. The summed E-state index contributed by atoms with van der Waals surface area (Å²) in [6, 6.07) is 0. The molecule has 1 atom stereocenters. The number of esters is 1. The van der Waals surface area contributed by atoms with E-state index in [0.717, 1.165) is 13.0 Å². The van der Waals surface area contributed by atoms with Gasteiger partial charge in [0.2, 0.25) is 0 Å². The fraction of sp³-hybridized carbons (Fsp3) is 0.700. The van der Waals surface area contributed by atoms with Crippen LogP contribution in [-0.4, -0.2) is 18.8 Å². The van der Waals surface area contributed by atoms with E-state index in [1.165, 1.54) is 0 Å². The summed E-state index contributed by atoms with van der Waals surface area (Å²) in [5, 5.41) is 0. The molecular formula is C10H15F3O2. The summed E-state index contributed by atoms with van der Waals surface area (Å²) >= 11 is 0. The van der Waals surface area contributed by atoms with Crippen LogP contribution in [0.15, 0.2) is 12.7 Å². The molecule has 0 heterocycles. The largest absolute Gasteiger partial charge is 0.463 e. The van der Waals surface area contributed by atoms with Crippen LogP contribution in [0.5, 0.6) is 0 Å². The smallest absolute Gasteiger partial charge is 0.391 e. The highest BCUT2D eigenvalue weighted by Crippen LogP contribution is 2.29. The van der Waals surface area contributed by atoms with Crippen LogP contribution in [0.3, 0.4) is 0 Å². The van der Waals surface area contributed by atoms with Crippen molar-refractivity contribution < 1.29 is 22.7 Å². The van der Waals surface area contributed by atoms with Crippen LogP contribution < -0.4 is 0 Å². The Kier molecular flexibility index (Phi) is 6.05. The Morgan fingerprint density at radius 1 is 1.47 bits per heavy atom. The molecule has 0 aromatic rings. The Bertz CT molecular complexity index is 211. The van der Waals surface area contributed by atoms with Gasteiger partial charge in [-0.05, 0) is 19.3 Å². The van der Waals surface area contributed by atoms with E-state index in [1.807, 2.05) is 0 Å². The van der Waals surface area contributed by atoms with E-state index in [9.17, 15) is 18.0 Å². The Labute approximate surface area is 87.1 Å². The molecule has 0 fully saturated rings. The average Bonchev–Trinajstić information content (AvgIpc) is 2.15. The summed E-state index contributed by atoms with van der Waals surface area (Å²) in [4.78, 5) is 10.5. The van der Waals surface area contributed by atoms with Crippen LogP contribution in [-0.2, 0) is 9.53 Å². The third kappa shape index (κ3) is 6.99. The number of unbranched alkanes of at least 4 members (excludes halogenated alkanes) is 1. The maximum atomic E-state index is 12.0. The molecule has 0 saturated heterocycles. The van der Waals surface area contributed by atoms with Crippen molar-refractivity contribution in [2.24, 2.45) is 5.92 Å². The van der Waals surface area contributed by atoms with Gasteiger partial charge in [-0.15, -0.1) is 0 Å². The summed E-state index contributed by atoms with van der Waals surface area (Å²) in [6.45, 7) is 4.49. The van der Waals surface area contributed by atoms with Crippen LogP contribution in [0, 0.1) is 5.92 Å². The van der Waals surface area contributed by atoms with Crippen molar-refractivity contribution in [3.63, 3.8) is 0 Å². The number of hydrogen-bond acceptors (Lipinski definition) is 2. The molecule has 0 rings (SSSR count). The van der Waals surface area contributed by atoms with E-state index in [-0.39, 0.29) is 13.0 Å². The Hall–Kier alpha value is -1.00. The summed E-state index contributed by atoms with van der Waals surface area (Å²) < 4.78 is 40.7. The first-order chi connectivity index (χ1) is 6.88. The number of carbonyl (C=O) groups is 1. The molecule has 5 heteroatoms. The number of hydrogen-bond donors (Lipinski definition) is 0. The van der Waals surface area contributed by atoms with Crippen molar-refractivity contribution in [1.29, 1.82) is 0 Å². The van der Waals surface area contributed by atoms with Crippen LogP contribution in [0.2, 0.25) is 0 Å².